The van der Waals surface area contributed by atoms with Crippen LogP contribution in [0, 0.1) is 11.6 Å². The van der Waals surface area contributed by atoms with Crippen LogP contribution in [0.3, 0.4) is 0 Å². The Morgan fingerprint density at radius 2 is 1.73 bits per heavy atom. The normalized spacial score (nSPS) is 18.0. The van der Waals surface area contributed by atoms with E-state index < -0.39 is 57.0 Å². The summed E-state index contributed by atoms with van der Waals surface area (Å²) in [5, 5.41) is 14.1. The van der Waals surface area contributed by atoms with Crippen molar-refractivity contribution in [2.24, 2.45) is 7.05 Å². The summed E-state index contributed by atoms with van der Waals surface area (Å²) in [5.41, 5.74) is -3.37. The van der Waals surface area contributed by atoms with Gasteiger partial charge in [-0.3, -0.25) is 4.68 Å². The van der Waals surface area contributed by atoms with E-state index in [0.717, 1.165) is 6.33 Å². The summed E-state index contributed by atoms with van der Waals surface area (Å²) in [6.07, 6.45) is -3.91. The molecule has 0 unspecified atom stereocenters. The van der Waals surface area contributed by atoms with Gasteiger partial charge in [-0.1, -0.05) is 0 Å². The third kappa shape index (κ3) is 2.85. The molecule has 1 aromatic carbocycles. The highest BCUT2D eigenvalue weighted by molar-refractivity contribution is 7.89. The molecule has 0 bridgehead atoms. The largest absolute Gasteiger partial charge is 0.416 e. The molecule has 0 spiro atoms. The fourth-order valence-corrected chi connectivity index (χ4v) is 4.30. The minimum absolute atomic E-state index is 0.0392. The Morgan fingerprint density at radius 3 is 2.15 bits per heavy atom. The molecular weight excluding hydrogens is 387 g/mol. The maximum Gasteiger partial charge on any atom is 0.416 e. The molecule has 1 aromatic heterocycles. The maximum absolute atomic E-state index is 14.0. The van der Waals surface area contributed by atoms with Crippen LogP contribution in [0.2, 0.25) is 0 Å². The van der Waals surface area contributed by atoms with Crippen molar-refractivity contribution in [2.75, 3.05) is 13.1 Å². The topological polar surface area (TPSA) is 88.3 Å². The number of aromatic nitrogens is 3. The van der Waals surface area contributed by atoms with Crippen LogP contribution in [0.15, 0.2) is 23.4 Å². The van der Waals surface area contributed by atoms with E-state index in [1.165, 1.54) is 11.7 Å². The number of sulfonamides is 1. The van der Waals surface area contributed by atoms with Crippen LogP contribution < -0.4 is 0 Å². The Labute approximate surface area is 143 Å². The molecule has 13 heteroatoms. The lowest BCUT2D eigenvalue weighted by Gasteiger charge is -2.44. The van der Waals surface area contributed by atoms with E-state index in [4.69, 9.17) is 0 Å². The predicted octanol–water partition coefficient (Wildman–Crippen LogP) is 1.00. The minimum Gasteiger partial charge on any atom is -0.379 e. The van der Waals surface area contributed by atoms with Crippen LogP contribution in [0.4, 0.5) is 22.0 Å². The first kappa shape index (κ1) is 18.7. The summed E-state index contributed by atoms with van der Waals surface area (Å²) in [6, 6.07) is -0.185. The molecule has 26 heavy (non-hydrogen) atoms. The third-order valence-electron chi connectivity index (χ3n) is 3.93. The SMILES string of the molecule is Cn1ncnc1C1(O)CN(S(=O)(=O)c2c(F)cc(C(F)(F)F)cc2F)C1. The summed E-state index contributed by atoms with van der Waals surface area (Å²) < 4.78 is 92.1. The van der Waals surface area contributed by atoms with Gasteiger partial charge in [0.1, 0.15) is 18.0 Å². The molecule has 1 fully saturated rings. The molecule has 142 valence electrons. The van der Waals surface area contributed by atoms with Gasteiger partial charge in [0, 0.05) is 7.05 Å². The first-order valence-electron chi connectivity index (χ1n) is 6.99. The number of rotatable bonds is 3. The molecular formula is C13H11F5N4O3S. The highest BCUT2D eigenvalue weighted by Gasteiger charge is 2.52. The summed E-state index contributed by atoms with van der Waals surface area (Å²) in [5.74, 6) is -3.70. The zero-order valence-electron chi connectivity index (χ0n) is 13.0. The Hall–Kier alpha value is -2.12. The fraction of sp³-hybridized carbons (Fsp3) is 0.385. The first-order chi connectivity index (χ1) is 11.9. The number of halogens is 5. The van der Waals surface area contributed by atoms with Crippen molar-refractivity contribution in [1.29, 1.82) is 0 Å². The van der Waals surface area contributed by atoms with Crippen molar-refractivity contribution < 1.29 is 35.5 Å². The Morgan fingerprint density at radius 1 is 1.19 bits per heavy atom. The quantitative estimate of drug-likeness (QED) is 0.780. The van der Waals surface area contributed by atoms with Crippen LogP contribution in [0.1, 0.15) is 11.4 Å². The number of benzene rings is 1. The van der Waals surface area contributed by atoms with Gasteiger partial charge in [0.25, 0.3) is 0 Å². The van der Waals surface area contributed by atoms with E-state index in [0.29, 0.717) is 4.31 Å². The van der Waals surface area contributed by atoms with Crippen LogP contribution in [0.25, 0.3) is 0 Å². The first-order valence-corrected chi connectivity index (χ1v) is 8.43. The standard InChI is InChI=1S/C13H11F5N4O3S/c1-21-11(19-6-20-21)12(23)4-22(5-12)26(24,25)10-8(14)2-7(3-9(10)15)13(16,17)18/h2-3,6,23H,4-5H2,1H3. The molecule has 2 heterocycles. The van der Waals surface area contributed by atoms with Crippen LogP contribution in [0.5, 0.6) is 0 Å². The number of β-amino-alcohol motifs (C(OH)–C–C–N with tert-alkyl or cyclic N) is 1. The van der Waals surface area contributed by atoms with Crippen molar-refractivity contribution in [1.82, 2.24) is 19.1 Å². The summed E-state index contributed by atoms with van der Waals surface area (Å²) in [4.78, 5) is 2.27. The molecule has 1 aliphatic rings. The second kappa shape index (κ2) is 5.69. The second-order valence-corrected chi connectivity index (χ2v) is 7.65. The maximum atomic E-state index is 14.0. The lowest BCUT2D eigenvalue weighted by molar-refractivity contribution is -0.138. The summed E-state index contributed by atoms with van der Waals surface area (Å²) >= 11 is 0. The van der Waals surface area contributed by atoms with Crippen LogP contribution in [-0.2, 0) is 28.8 Å². The van der Waals surface area contributed by atoms with Gasteiger partial charge in [-0.05, 0) is 12.1 Å². The number of nitrogens with zero attached hydrogens (tertiary/aromatic N) is 4. The Balaban J connectivity index is 1.93. The molecule has 7 nitrogen and oxygen atoms in total. The van der Waals surface area contributed by atoms with E-state index in [9.17, 15) is 35.5 Å². The highest BCUT2D eigenvalue weighted by Crippen LogP contribution is 2.38. The zero-order valence-corrected chi connectivity index (χ0v) is 13.8. The van der Waals surface area contributed by atoms with E-state index in [2.05, 4.69) is 10.1 Å². The number of hydrogen-bond donors (Lipinski definition) is 1. The Bertz CT molecular complexity index is 943. The molecule has 1 aliphatic heterocycles. The van der Waals surface area contributed by atoms with Crippen LogP contribution in [-0.4, -0.2) is 45.7 Å². The molecule has 1 N–H and O–H groups in total. The zero-order chi connectivity index (χ0) is 19.5. The van der Waals surface area contributed by atoms with Crippen molar-refractivity contribution in [2.45, 2.75) is 16.7 Å². The molecule has 0 amide bonds. The lowest BCUT2D eigenvalue weighted by Crippen LogP contribution is -2.62. The monoisotopic (exact) mass is 398 g/mol. The van der Waals surface area contributed by atoms with Crippen molar-refractivity contribution in [3.8, 4) is 0 Å². The predicted molar refractivity (Wildman–Crippen MR) is 75.0 cm³/mol. The van der Waals surface area contributed by atoms with E-state index in [1.54, 1.807) is 0 Å². The van der Waals surface area contributed by atoms with Crippen molar-refractivity contribution in [3.63, 3.8) is 0 Å². The van der Waals surface area contributed by atoms with Gasteiger partial charge < -0.3 is 5.11 Å². The summed E-state index contributed by atoms with van der Waals surface area (Å²) in [6.45, 7) is -1.16. The minimum atomic E-state index is -5.04. The molecule has 0 saturated carbocycles. The molecule has 0 aliphatic carbocycles. The van der Waals surface area contributed by atoms with Gasteiger partial charge in [0.05, 0.1) is 18.7 Å². The van der Waals surface area contributed by atoms with E-state index in [-0.39, 0.29) is 18.0 Å². The van der Waals surface area contributed by atoms with Gasteiger partial charge in [-0.25, -0.2) is 22.2 Å². The average molecular weight is 398 g/mol. The average Bonchev–Trinajstić information content (AvgIpc) is 2.88. The number of aliphatic hydroxyl groups is 1. The van der Waals surface area contributed by atoms with Crippen molar-refractivity contribution in [3.05, 3.63) is 41.5 Å². The fourth-order valence-electron chi connectivity index (χ4n) is 2.67. The van der Waals surface area contributed by atoms with Crippen molar-refractivity contribution >= 4 is 10.0 Å². The third-order valence-corrected chi connectivity index (χ3v) is 5.77. The molecule has 3 rings (SSSR count). The lowest BCUT2D eigenvalue weighted by atomic mass is 9.96. The Kier molecular flexibility index (Phi) is 4.08. The summed E-state index contributed by atoms with van der Waals surface area (Å²) in [7, 11) is -3.35. The number of alkyl halides is 3. The van der Waals surface area contributed by atoms with Gasteiger partial charge in [0.2, 0.25) is 10.0 Å². The highest BCUT2D eigenvalue weighted by atomic mass is 32.2. The van der Waals surface area contributed by atoms with Crippen LogP contribution >= 0.6 is 0 Å². The molecule has 0 radical (unpaired) electrons. The van der Waals surface area contributed by atoms with Gasteiger partial charge >= 0.3 is 6.18 Å². The van der Waals surface area contributed by atoms with E-state index in [1.807, 2.05) is 0 Å². The molecule has 2 aromatic rings. The van der Waals surface area contributed by atoms with Gasteiger partial charge in [-0.15, -0.1) is 0 Å². The van der Waals surface area contributed by atoms with Gasteiger partial charge in [-0.2, -0.15) is 22.6 Å². The number of aryl methyl sites for hydroxylation is 1. The second-order valence-electron chi connectivity index (χ2n) is 5.78. The molecule has 1 saturated heterocycles. The molecule has 0 atom stereocenters. The van der Waals surface area contributed by atoms with E-state index >= 15 is 0 Å². The number of hydrogen-bond acceptors (Lipinski definition) is 5. The smallest absolute Gasteiger partial charge is 0.379 e. The van der Waals surface area contributed by atoms with Gasteiger partial charge in [0.15, 0.2) is 16.3 Å².